The number of likely N-dealkylation sites (tertiary alicyclic amines) is 1. The molecule has 116 valence electrons. The van der Waals surface area contributed by atoms with Crippen LogP contribution in [0.5, 0.6) is 0 Å². The summed E-state index contributed by atoms with van der Waals surface area (Å²) in [6.45, 7) is 7.44. The van der Waals surface area contributed by atoms with Crippen LogP contribution in [0.3, 0.4) is 0 Å². The van der Waals surface area contributed by atoms with Crippen molar-refractivity contribution >= 4 is 12.4 Å². The molecule has 0 saturated carbocycles. The molecule has 1 unspecified atom stereocenters. The zero-order valence-electron chi connectivity index (χ0n) is 13.3. The van der Waals surface area contributed by atoms with Gasteiger partial charge in [0.25, 0.3) is 0 Å². The zero-order valence-corrected chi connectivity index (χ0v) is 14.1. The molecule has 19 heavy (non-hydrogen) atoms. The van der Waals surface area contributed by atoms with Crippen molar-refractivity contribution in [2.24, 2.45) is 0 Å². The number of hydrogen-bond acceptors (Lipinski definition) is 1. The van der Waals surface area contributed by atoms with Gasteiger partial charge in [-0.05, 0) is 39.3 Å². The van der Waals surface area contributed by atoms with Gasteiger partial charge in [0, 0.05) is 6.04 Å². The van der Waals surface area contributed by atoms with Gasteiger partial charge in [0.1, 0.15) is 0 Å². The molecule has 0 aromatic carbocycles. The van der Waals surface area contributed by atoms with Crippen LogP contribution in [0.4, 0.5) is 0 Å². The molecule has 2 heteroatoms. The van der Waals surface area contributed by atoms with Gasteiger partial charge in [0.05, 0.1) is 0 Å². The van der Waals surface area contributed by atoms with Crippen LogP contribution in [0.1, 0.15) is 90.9 Å². The summed E-state index contributed by atoms with van der Waals surface area (Å²) in [6, 6.07) is 0.844. The maximum absolute atomic E-state index is 2.69. The molecular formula is C17H36ClN. The molecule has 0 aliphatic carbocycles. The Morgan fingerprint density at radius 2 is 1.26 bits per heavy atom. The molecular weight excluding hydrogens is 254 g/mol. The lowest BCUT2D eigenvalue weighted by Gasteiger charge is -2.23. The lowest BCUT2D eigenvalue weighted by Crippen LogP contribution is -2.29. The second-order valence-corrected chi connectivity index (χ2v) is 6.21. The second kappa shape index (κ2) is 13.2. The molecule has 1 saturated heterocycles. The highest BCUT2D eigenvalue weighted by Crippen LogP contribution is 2.17. The van der Waals surface area contributed by atoms with E-state index in [4.69, 9.17) is 0 Å². The van der Waals surface area contributed by atoms with Gasteiger partial charge in [-0.15, -0.1) is 12.4 Å². The summed E-state index contributed by atoms with van der Waals surface area (Å²) >= 11 is 0. The van der Waals surface area contributed by atoms with Gasteiger partial charge in [-0.2, -0.15) is 0 Å². The molecule has 1 aliphatic rings. The van der Waals surface area contributed by atoms with E-state index in [-0.39, 0.29) is 12.4 Å². The van der Waals surface area contributed by atoms with E-state index in [1.165, 1.54) is 90.1 Å². The fraction of sp³-hybridized carbons (Fsp3) is 1.00. The predicted octanol–water partition coefficient (Wildman–Crippen LogP) is 5.81. The molecule has 0 radical (unpaired) electrons. The maximum atomic E-state index is 2.69. The molecule has 1 fully saturated rings. The molecule has 1 heterocycles. The van der Waals surface area contributed by atoms with E-state index in [1.807, 2.05) is 0 Å². The monoisotopic (exact) mass is 289 g/mol. The number of unbranched alkanes of at least 4 members (excludes halogenated alkanes) is 8. The quantitative estimate of drug-likeness (QED) is 0.434. The van der Waals surface area contributed by atoms with Crippen LogP contribution >= 0.6 is 12.4 Å². The first-order valence-electron chi connectivity index (χ1n) is 8.58. The summed E-state index contributed by atoms with van der Waals surface area (Å²) < 4.78 is 0. The van der Waals surface area contributed by atoms with Crippen LogP contribution < -0.4 is 0 Å². The van der Waals surface area contributed by atoms with Crippen molar-refractivity contribution in [3.63, 3.8) is 0 Å². The van der Waals surface area contributed by atoms with E-state index in [0.29, 0.717) is 0 Å². The summed E-state index contributed by atoms with van der Waals surface area (Å²) in [5.41, 5.74) is 0. The smallest absolute Gasteiger partial charge is 0.00669 e. The number of halogens is 1. The molecule has 0 spiro atoms. The van der Waals surface area contributed by atoms with Crippen molar-refractivity contribution in [3.05, 3.63) is 0 Å². The molecule has 0 aromatic rings. The Hall–Kier alpha value is 0.250. The predicted molar refractivity (Wildman–Crippen MR) is 89.4 cm³/mol. The number of nitrogens with zero attached hydrogens (tertiary/aromatic N) is 1. The van der Waals surface area contributed by atoms with Crippen LogP contribution in [0, 0.1) is 0 Å². The van der Waals surface area contributed by atoms with Crippen molar-refractivity contribution in [2.75, 3.05) is 13.1 Å². The average molecular weight is 290 g/mol. The van der Waals surface area contributed by atoms with Gasteiger partial charge in [-0.1, -0.05) is 64.7 Å². The normalized spacial score (nSPS) is 17.4. The van der Waals surface area contributed by atoms with Crippen molar-refractivity contribution < 1.29 is 0 Å². The number of rotatable bonds is 11. The topological polar surface area (TPSA) is 3.24 Å². The fourth-order valence-electron chi connectivity index (χ4n) is 3.12. The third kappa shape index (κ3) is 9.73. The molecule has 0 bridgehead atoms. The Bertz CT molecular complexity index is 178. The van der Waals surface area contributed by atoms with Gasteiger partial charge < -0.3 is 4.90 Å². The maximum Gasteiger partial charge on any atom is 0.00669 e. The Morgan fingerprint density at radius 1 is 0.789 bits per heavy atom. The Labute approximate surface area is 127 Å². The van der Waals surface area contributed by atoms with Crippen molar-refractivity contribution in [3.8, 4) is 0 Å². The lowest BCUT2D eigenvalue weighted by atomic mass is 10.0. The Kier molecular flexibility index (Phi) is 13.4. The standard InChI is InChI=1S/C17H35N.ClH/c1-3-4-5-6-7-8-9-10-11-14-17(2)18-15-12-13-16-18;/h17H,3-16H2,1-2H3;1H. The lowest BCUT2D eigenvalue weighted by molar-refractivity contribution is 0.242. The van der Waals surface area contributed by atoms with Gasteiger partial charge >= 0.3 is 0 Å². The molecule has 0 amide bonds. The zero-order chi connectivity index (χ0) is 13.1. The van der Waals surface area contributed by atoms with Crippen molar-refractivity contribution in [2.45, 2.75) is 96.9 Å². The Balaban J connectivity index is 0.00000324. The highest BCUT2D eigenvalue weighted by molar-refractivity contribution is 5.85. The molecule has 0 N–H and O–H groups in total. The highest BCUT2D eigenvalue weighted by atomic mass is 35.5. The summed E-state index contributed by atoms with van der Waals surface area (Å²) in [5, 5.41) is 0. The minimum Gasteiger partial charge on any atom is -0.301 e. The second-order valence-electron chi connectivity index (χ2n) is 6.21. The molecule has 1 atom stereocenters. The third-order valence-corrected chi connectivity index (χ3v) is 4.49. The molecule has 0 aromatic heterocycles. The molecule has 1 aliphatic heterocycles. The van der Waals surface area contributed by atoms with Gasteiger partial charge in [-0.3, -0.25) is 0 Å². The summed E-state index contributed by atoms with van der Waals surface area (Å²) in [4.78, 5) is 2.69. The van der Waals surface area contributed by atoms with Crippen LogP contribution in [0.2, 0.25) is 0 Å². The minimum absolute atomic E-state index is 0. The van der Waals surface area contributed by atoms with Crippen LogP contribution in [-0.4, -0.2) is 24.0 Å². The van der Waals surface area contributed by atoms with E-state index in [0.717, 1.165) is 6.04 Å². The van der Waals surface area contributed by atoms with Crippen LogP contribution in [0.25, 0.3) is 0 Å². The summed E-state index contributed by atoms with van der Waals surface area (Å²) in [6.07, 6.45) is 17.4. The first-order valence-corrected chi connectivity index (χ1v) is 8.58. The van der Waals surface area contributed by atoms with E-state index in [1.54, 1.807) is 0 Å². The SMILES string of the molecule is CCCCCCCCCCCC(C)N1CCCC1.Cl. The Morgan fingerprint density at radius 3 is 1.79 bits per heavy atom. The average Bonchev–Trinajstić information content (AvgIpc) is 2.90. The summed E-state index contributed by atoms with van der Waals surface area (Å²) in [5.74, 6) is 0. The fourth-order valence-corrected chi connectivity index (χ4v) is 3.12. The van der Waals surface area contributed by atoms with Crippen LogP contribution in [-0.2, 0) is 0 Å². The van der Waals surface area contributed by atoms with E-state index >= 15 is 0 Å². The van der Waals surface area contributed by atoms with Gasteiger partial charge in [0.15, 0.2) is 0 Å². The number of hydrogen-bond donors (Lipinski definition) is 0. The third-order valence-electron chi connectivity index (χ3n) is 4.49. The first-order chi connectivity index (χ1) is 8.84. The van der Waals surface area contributed by atoms with Crippen molar-refractivity contribution in [1.82, 2.24) is 4.90 Å². The van der Waals surface area contributed by atoms with E-state index in [2.05, 4.69) is 18.7 Å². The van der Waals surface area contributed by atoms with E-state index in [9.17, 15) is 0 Å². The van der Waals surface area contributed by atoms with Gasteiger partial charge in [-0.25, -0.2) is 0 Å². The van der Waals surface area contributed by atoms with Crippen molar-refractivity contribution in [1.29, 1.82) is 0 Å². The van der Waals surface area contributed by atoms with Gasteiger partial charge in [0.2, 0.25) is 0 Å². The van der Waals surface area contributed by atoms with Crippen LogP contribution in [0.15, 0.2) is 0 Å². The van der Waals surface area contributed by atoms with E-state index < -0.39 is 0 Å². The molecule has 1 rings (SSSR count). The highest BCUT2D eigenvalue weighted by Gasteiger charge is 2.16. The molecule has 1 nitrogen and oxygen atoms in total. The largest absolute Gasteiger partial charge is 0.301 e. The summed E-state index contributed by atoms with van der Waals surface area (Å²) in [7, 11) is 0. The minimum atomic E-state index is 0. The first kappa shape index (κ1) is 19.2.